The topological polar surface area (TPSA) is 107 Å². The number of hydrogen-bond donors (Lipinski definition) is 2. The second-order valence-corrected chi connectivity index (χ2v) is 7.55. The van der Waals surface area contributed by atoms with Crippen LogP contribution in [-0.4, -0.2) is 60.9 Å². The van der Waals surface area contributed by atoms with Gasteiger partial charge in [0.1, 0.15) is 6.54 Å². The molecule has 0 aromatic carbocycles. The van der Waals surface area contributed by atoms with Gasteiger partial charge >= 0.3 is 5.69 Å². The molecule has 0 spiro atoms. The smallest absolute Gasteiger partial charge is 0.328 e. The number of amides is 1. The fourth-order valence-electron chi connectivity index (χ4n) is 4.18. The third-order valence-corrected chi connectivity index (χ3v) is 5.62. The molecule has 27 heavy (non-hydrogen) atoms. The zero-order valence-electron chi connectivity index (χ0n) is 15.4. The molecule has 0 aliphatic carbocycles. The highest BCUT2D eigenvalue weighted by Gasteiger charge is 2.37. The minimum atomic E-state index is -0.550. The maximum Gasteiger partial charge on any atom is 0.328 e. The molecule has 3 fully saturated rings. The Hall–Kier alpha value is -2.68. The Morgan fingerprint density at radius 1 is 1.26 bits per heavy atom. The van der Waals surface area contributed by atoms with Gasteiger partial charge in [0.25, 0.3) is 5.56 Å². The van der Waals surface area contributed by atoms with Crippen LogP contribution in [0.5, 0.6) is 0 Å². The summed E-state index contributed by atoms with van der Waals surface area (Å²) in [5.41, 5.74) is 1.12. The van der Waals surface area contributed by atoms with E-state index in [0.717, 1.165) is 50.4 Å². The van der Waals surface area contributed by atoms with E-state index < -0.39 is 11.2 Å². The van der Waals surface area contributed by atoms with Crippen molar-refractivity contribution in [1.29, 1.82) is 0 Å². The van der Waals surface area contributed by atoms with E-state index in [1.807, 2.05) is 11.8 Å². The predicted molar refractivity (Wildman–Crippen MR) is 98.1 cm³/mol. The number of piperidine rings is 1. The number of aromatic amines is 2. The van der Waals surface area contributed by atoms with Gasteiger partial charge in [-0.15, -0.1) is 0 Å². The first-order valence-electron chi connectivity index (χ1n) is 9.30. The van der Waals surface area contributed by atoms with Gasteiger partial charge in [0.05, 0.1) is 12.0 Å². The monoisotopic (exact) mass is 372 g/mol. The second kappa shape index (κ2) is 7.15. The molecule has 2 aromatic rings. The fraction of sp³-hybridized carbons (Fsp3) is 0.556. The molecule has 2 bridgehead atoms. The van der Waals surface area contributed by atoms with Gasteiger partial charge in [0.2, 0.25) is 5.91 Å². The van der Waals surface area contributed by atoms with E-state index in [0.29, 0.717) is 5.92 Å². The summed E-state index contributed by atoms with van der Waals surface area (Å²) < 4.78 is 1.26. The lowest BCUT2D eigenvalue weighted by Crippen LogP contribution is -2.49. The first-order valence-corrected chi connectivity index (χ1v) is 9.30. The van der Waals surface area contributed by atoms with Gasteiger partial charge in [-0.2, -0.15) is 0 Å². The Morgan fingerprint density at radius 2 is 2.11 bits per heavy atom. The molecule has 2 atom stereocenters. The average Bonchev–Trinajstić information content (AvgIpc) is 2.84. The minimum absolute atomic E-state index is 0.0443. The van der Waals surface area contributed by atoms with Crippen molar-refractivity contribution in [3.63, 3.8) is 0 Å². The molecule has 144 valence electrons. The van der Waals surface area contributed by atoms with Crippen LogP contribution in [0.3, 0.4) is 0 Å². The molecule has 3 aliphatic heterocycles. The van der Waals surface area contributed by atoms with Gasteiger partial charge in [-0.3, -0.25) is 24.0 Å². The van der Waals surface area contributed by atoms with Crippen molar-refractivity contribution in [3.05, 3.63) is 50.8 Å². The molecule has 3 saturated heterocycles. The molecular weight excluding hydrogens is 348 g/mol. The number of aromatic nitrogens is 4. The zero-order chi connectivity index (χ0) is 19.0. The lowest BCUT2D eigenvalue weighted by molar-refractivity contribution is -0.136. The summed E-state index contributed by atoms with van der Waals surface area (Å²) in [5.74, 6) is 0.357. The number of hydrogen-bond acceptors (Lipinski definition) is 5. The molecule has 2 N–H and O–H groups in total. The maximum absolute atomic E-state index is 12.9. The van der Waals surface area contributed by atoms with Gasteiger partial charge in [0.15, 0.2) is 0 Å². The Bertz CT molecular complexity index is 945. The van der Waals surface area contributed by atoms with Crippen molar-refractivity contribution in [2.45, 2.75) is 38.9 Å². The van der Waals surface area contributed by atoms with Crippen LogP contribution in [0.25, 0.3) is 0 Å². The fourth-order valence-corrected chi connectivity index (χ4v) is 4.18. The van der Waals surface area contributed by atoms with E-state index in [9.17, 15) is 14.4 Å². The molecule has 5 rings (SSSR count). The molecule has 2 aromatic heterocycles. The quantitative estimate of drug-likeness (QED) is 0.766. The summed E-state index contributed by atoms with van der Waals surface area (Å²) in [4.78, 5) is 49.9. The second-order valence-electron chi connectivity index (χ2n) is 7.55. The summed E-state index contributed by atoms with van der Waals surface area (Å²) in [5, 5.41) is 0. The molecule has 1 amide bonds. The summed E-state index contributed by atoms with van der Waals surface area (Å²) in [6.07, 6.45) is 5.19. The molecule has 0 saturated carbocycles. The van der Waals surface area contributed by atoms with Crippen molar-refractivity contribution in [1.82, 2.24) is 29.3 Å². The normalized spacial score (nSPS) is 22.8. The predicted octanol–water partition coefficient (Wildman–Crippen LogP) is -0.309. The maximum atomic E-state index is 12.9. The Balaban J connectivity index is 1.47. The lowest BCUT2D eigenvalue weighted by atomic mass is 9.95. The lowest BCUT2D eigenvalue weighted by Gasteiger charge is -2.36. The van der Waals surface area contributed by atoms with Crippen molar-refractivity contribution in [3.8, 4) is 0 Å². The first-order chi connectivity index (χ1) is 13.0. The van der Waals surface area contributed by atoms with Gasteiger partial charge in [-0.25, -0.2) is 9.78 Å². The van der Waals surface area contributed by atoms with Gasteiger partial charge in [-0.05, 0) is 25.7 Å². The largest absolute Gasteiger partial charge is 0.348 e. The van der Waals surface area contributed by atoms with Crippen LogP contribution < -0.4 is 11.2 Å². The van der Waals surface area contributed by atoms with Crippen LogP contribution in [0.15, 0.2) is 28.2 Å². The number of H-pyrrole nitrogens is 2. The standard InChI is InChI=1S/C18H24N6O3/c1-12-15(20-11-19-12)9-22-6-13-2-3-14(8-22)24(7-13)17(26)10-23-5-4-16(25)21-18(23)27/h4-5,11,13-14H,2-3,6-10H2,1H3,(H,19,20)(H,21,25,27)/t13-,14+/m1/s1. The van der Waals surface area contributed by atoms with Crippen molar-refractivity contribution >= 4 is 5.91 Å². The highest BCUT2D eigenvalue weighted by molar-refractivity contribution is 5.76. The van der Waals surface area contributed by atoms with Crippen LogP contribution in [0.1, 0.15) is 24.2 Å². The Labute approximate surface area is 156 Å². The van der Waals surface area contributed by atoms with Crippen molar-refractivity contribution < 1.29 is 4.79 Å². The van der Waals surface area contributed by atoms with E-state index in [2.05, 4.69) is 19.9 Å². The summed E-state index contributed by atoms with van der Waals surface area (Å²) >= 11 is 0. The molecule has 0 unspecified atom stereocenters. The summed E-state index contributed by atoms with van der Waals surface area (Å²) in [7, 11) is 0. The number of aryl methyl sites for hydroxylation is 1. The number of imidazole rings is 1. The third kappa shape index (κ3) is 3.73. The number of carbonyl (C=O) groups excluding carboxylic acids is 1. The SMILES string of the molecule is Cc1[nH]cnc1CN1C[C@H]2CC[C@@H](C1)N(C(=O)Cn1ccc(=O)[nH]c1=O)C2. The van der Waals surface area contributed by atoms with Crippen LogP contribution >= 0.6 is 0 Å². The molecule has 9 nitrogen and oxygen atoms in total. The van der Waals surface area contributed by atoms with Gasteiger partial charge in [-0.1, -0.05) is 0 Å². The van der Waals surface area contributed by atoms with E-state index in [1.165, 1.54) is 16.8 Å². The highest BCUT2D eigenvalue weighted by atomic mass is 16.2. The average molecular weight is 372 g/mol. The number of fused-ring (bicyclic) bond motifs is 4. The third-order valence-electron chi connectivity index (χ3n) is 5.62. The van der Waals surface area contributed by atoms with Crippen LogP contribution in [0.4, 0.5) is 0 Å². The van der Waals surface area contributed by atoms with Crippen LogP contribution in [0.2, 0.25) is 0 Å². The molecule has 3 aliphatic rings. The number of nitrogens with zero attached hydrogens (tertiary/aromatic N) is 4. The Kier molecular flexibility index (Phi) is 4.69. The highest BCUT2D eigenvalue weighted by Crippen LogP contribution is 2.29. The van der Waals surface area contributed by atoms with Gasteiger partial charge in [0, 0.05) is 50.2 Å². The number of rotatable bonds is 4. The van der Waals surface area contributed by atoms with Crippen LogP contribution in [-0.2, 0) is 17.9 Å². The zero-order valence-corrected chi connectivity index (χ0v) is 15.4. The first kappa shape index (κ1) is 17.7. The van der Waals surface area contributed by atoms with Crippen molar-refractivity contribution in [2.75, 3.05) is 19.6 Å². The van der Waals surface area contributed by atoms with E-state index in [4.69, 9.17) is 0 Å². The van der Waals surface area contributed by atoms with E-state index in [1.54, 1.807) is 6.33 Å². The minimum Gasteiger partial charge on any atom is -0.348 e. The summed E-state index contributed by atoms with van der Waals surface area (Å²) in [6.45, 7) is 5.24. The number of carbonyl (C=O) groups is 1. The van der Waals surface area contributed by atoms with E-state index in [-0.39, 0.29) is 18.5 Å². The molecular formula is C18H24N6O3. The number of nitrogens with one attached hydrogen (secondary N) is 2. The molecule has 9 heteroatoms. The molecule has 5 heterocycles. The Morgan fingerprint density at radius 3 is 2.85 bits per heavy atom. The molecule has 0 radical (unpaired) electrons. The van der Waals surface area contributed by atoms with E-state index >= 15 is 0 Å². The van der Waals surface area contributed by atoms with Crippen molar-refractivity contribution in [2.24, 2.45) is 5.92 Å². The van der Waals surface area contributed by atoms with Gasteiger partial charge < -0.3 is 9.88 Å². The summed E-state index contributed by atoms with van der Waals surface area (Å²) in [6, 6.07) is 1.41. The van der Waals surface area contributed by atoms with Crippen LogP contribution in [0, 0.1) is 12.8 Å².